The minimum absolute atomic E-state index is 0.0288. The Labute approximate surface area is 91.5 Å². The van der Waals surface area contributed by atoms with Gasteiger partial charge < -0.3 is 10.0 Å². The Kier molecular flexibility index (Phi) is 2.16. The number of hydrogen-bond acceptors (Lipinski definition) is 2. The molecule has 1 N–H and O–H groups in total. The van der Waals surface area contributed by atoms with Crippen LogP contribution in [0.3, 0.4) is 0 Å². The summed E-state index contributed by atoms with van der Waals surface area (Å²) >= 11 is 0. The van der Waals surface area contributed by atoms with Crippen molar-refractivity contribution in [2.45, 2.75) is 51.7 Å². The van der Waals surface area contributed by atoms with Gasteiger partial charge in [0.15, 0.2) is 0 Å². The molecular formula is C12H21NO2. The molecule has 86 valence electrons. The van der Waals surface area contributed by atoms with Crippen LogP contribution in [0.25, 0.3) is 0 Å². The minimum Gasteiger partial charge on any atom is -0.388 e. The third-order valence-corrected chi connectivity index (χ3v) is 4.42. The van der Waals surface area contributed by atoms with E-state index in [4.69, 9.17) is 0 Å². The molecule has 15 heavy (non-hydrogen) atoms. The van der Waals surface area contributed by atoms with Gasteiger partial charge in [-0.25, -0.2) is 0 Å². The first-order valence-corrected chi connectivity index (χ1v) is 5.76. The van der Waals surface area contributed by atoms with Crippen molar-refractivity contribution in [3.63, 3.8) is 0 Å². The van der Waals surface area contributed by atoms with Gasteiger partial charge in [-0.2, -0.15) is 0 Å². The second-order valence-electron chi connectivity index (χ2n) is 6.00. The maximum Gasteiger partial charge on any atom is 0.228 e. The Morgan fingerprint density at radius 1 is 1.47 bits per heavy atom. The highest BCUT2D eigenvalue weighted by atomic mass is 16.3. The highest BCUT2D eigenvalue weighted by Gasteiger charge is 2.62. The first kappa shape index (κ1) is 10.9. The molecule has 0 aromatic heterocycles. The fourth-order valence-corrected chi connectivity index (χ4v) is 2.76. The lowest BCUT2D eigenvalue weighted by Gasteiger charge is -2.61. The van der Waals surface area contributed by atoms with Crippen molar-refractivity contribution in [2.75, 3.05) is 7.05 Å². The number of aliphatic hydroxyl groups is 1. The Balaban J connectivity index is 2.01. The van der Waals surface area contributed by atoms with Crippen LogP contribution in [0.2, 0.25) is 0 Å². The molecule has 1 atom stereocenters. The standard InChI is InChI=1S/C12H21NO2/c1-8(11(2,3)15)13(4)10(14)12-5-9(6-12)7-12/h8-9,15H,5-7H2,1-4H3/t8-,9?,12?/m0/s1. The van der Waals surface area contributed by atoms with Crippen LogP contribution in [-0.4, -0.2) is 34.6 Å². The van der Waals surface area contributed by atoms with E-state index in [0.29, 0.717) is 0 Å². The predicted octanol–water partition coefficient (Wildman–Crippen LogP) is 1.40. The van der Waals surface area contributed by atoms with Crippen molar-refractivity contribution in [3.8, 4) is 0 Å². The summed E-state index contributed by atoms with van der Waals surface area (Å²) in [5, 5.41) is 9.88. The van der Waals surface area contributed by atoms with Crippen molar-refractivity contribution in [1.82, 2.24) is 4.90 Å². The topological polar surface area (TPSA) is 40.5 Å². The van der Waals surface area contributed by atoms with Gasteiger partial charge in [0.05, 0.1) is 17.1 Å². The van der Waals surface area contributed by atoms with Gasteiger partial charge in [0.1, 0.15) is 0 Å². The van der Waals surface area contributed by atoms with Crippen LogP contribution in [0.15, 0.2) is 0 Å². The van der Waals surface area contributed by atoms with Crippen LogP contribution >= 0.6 is 0 Å². The normalized spacial score (nSPS) is 35.1. The molecule has 3 heteroatoms. The third-order valence-electron chi connectivity index (χ3n) is 4.42. The van der Waals surface area contributed by atoms with Crippen molar-refractivity contribution in [1.29, 1.82) is 0 Å². The quantitative estimate of drug-likeness (QED) is 0.766. The maximum atomic E-state index is 12.2. The lowest BCUT2D eigenvalue weighted by atomic mass is 9.44. The highest BCUT2D eigenvalue weighted by Crippen LogP contribution is 2.65. The van der Waals surface area contributed by atoms with E-state index < -0.39 is 5.60 Å². The smallest absolute Gasteiger partial charge is 0.228 e. The molecule has 3 nitrogen and oxygen atoms in total. The van der Waals surface area contributed by atoms with Gasteiger partial charge in [0.2, 0.25) is 5.91 Å². The molecule has 3 fully saturated rings. The van der Waals surface area contributed by atoms with Gasteiger partial charge in [0.25, 0.3) is 0 Å². The number of amides is 1. The maximum absolute atomic E-state index is 12.2. The average Bonchev–Trinajstić information content (AvgIpc) is 1.93. The average molecular weight is 211 g/mol. The van der Waals surface area contributed by atoms with E-state index >= 15 is 0 Å². The van der Waals surface area contributed by atoms with E-state index in [9.17, 15) is 9.90 Å². The summed E-state index contributed by atoms with van der Waals surface area (Å²) in [6.07, 6.45) is 3.23. The fourth-order valence-electron chi connectivity index (χ4n) is 2.76. The molecular weight excluding hydrogens is 190 g/mol. The first-order chi connectivity index (χ1) is 6.76. The van der Waals surface area contributed by atoms with Crippen molar-refractivity contribution in [2.24, 2.45) is 11.3 Å². The molecule has 0 radical (unpaired) electrons. The second-order valence-corrected chi connectivity index (χ2v) is 6.00. The van der Waals surface area contributed by atoms with E-state index in [-0.39, 0.29) is 17.4 Å². The highest BCUT2D eigenvalue weighted by molar-refractivity contribution is 5.85. The molecule has 3 rings (SSSR count). The molecule has 3 aliphatic rings. The Morgan fingerprint density at radius 2 is 1.93 bits per heavy atom. The van der Waals surface area contributed by atoms with E-state index in [0.717, 1.165) is 25.2 Å². The zero-order chi connectivity index (χ0) is 11.4. The molecule has 0 heterocycles. The van der Waals surface area contributed by atoms with E-state index in [1.54, 1.807) is 18.7 Å². The number of likely N-dealkylation sites (N-methyl/N-ethyl adjacent to an activating group) is 1. The largest absolute Gasteiger partial charge is 0.388 e. The van der Waals surface area contributed by atoms with Gasteiger partial charge >= 0.3 is 0 Å². The Hall–Kier alpha value is -0.570. The van der Waals surface area contributed by atoms with Crippen LogP contribution in [0.4, 0.5) is 0 Å². The second kappa shape index (κ2) is 2.97. The van der Waals surface area contributed by atoms with Crippen molar-refractivity contribution >= 4 is 5.91 Å². The molecule has 1 amide bonds. The van der Waals surface area contributed by atoms with Gasteiger partial charge in [0, 0.05) is 7.05 Å². The summed E-state index contributed by atoms with van der Waals surface area (Å²) in [4.78, 5) is 13.9. The molecule has 2 bridgehead atoms. The number of carbonyl (C=O) groups is 1. The number of hydrogen-bond donors (Lipinski definition) is 1. The van der Waals surface area contributed by atoms with Gasteiger partial charge in [-0.3, -0.25) is 4.79 Å². The van der Waals surface area contributed by atoms with E-state index in [2.05, 4.69) is 0 Å². The third kappa shape index (κ3) is 1.48. The van der Waals surface area contributed by atoms with Gasteiger partial charge in [-0.05, 0) is 46.0 Å². The molecule has 0 spiro atoms. The van der Waals surface area contributed by atoms with E-state index in [1.165, 1.54) is 0 Å². The van der Waals surface area contributed by atoms with Gasteiger partial charge in [-0.1, -0.05) is 0 Å². The van der Waals surface area contributed by atoms with E-state index in [1.807, 2.05) is 14.0 Å². The molecule has 0 saturated heterocycles. The zero-order valence-corrected chi connectivity index (χ0v) is 10.1. The minimum atomic E-state index is -0.825. The predicted molar refractivity (Wildman–Crippen MR) is 58.3 cm³/mol. The summed E-state index contributed by atoms with van der Waals surface area (Å²) < 4.78 is 0. The number of carbonyl (C=O) groups excluding carboxylic acids is 1. The molecule has 3 saturated carbocycles. The van der Waals surface area contributed by atoms with Gasteiger partial charge in [-0.15, -0.1) is 0 Å². The molecule has 0 unspecified atom stereocenters. The summed E-state index contributed by atoms with van der Waals surface area (Å²) in [6.45, 7) is 5.41. The number of nitrogens with zero attached hydrogens (tertiary/aromatic N) is 1. The van der Waals surface area contributed by atoms with Crippen LogP contribution in [-0.2, 0) is 4.79 Å². The lowest BCUT2D eigenvalue weighted by molar-refractivity contribution is -0.181. The Morgan fingerprint density at radius 3 is 2.20 bits per heavy atom. The Bertz CT molecular complexity index is 275. The van der Waals surface area contributed by atoms with Crippen LogP contribution in [0, 0.1) is 11.3 Å². The first-order valence-electron chi connectivity index (χ1n) is 5.76. The summed E-state index contributed by atoms with van der Waals surface area (Å²) in [5.74, 6) is 1.06. The fraction of sp³-hybridized carbons (Fsp3) is 0.917. The zero-order valence-electron chi connectivity index (χ0n) is 10.1. The molecule has 3 aliphatic carbocycles. The summed E-state index contributed by atoms with van der Waals surface area (Å²) in [7, 11) is 1.81. The molecule has 0 aromatic rings. The SMILES string of the molecule is C[C@H](N(C)C(=O)C12CC(C1)C2)C(C)(C)O. The lowest BCUT2D eigenvalue weighted by Crippen LogP contribution is -2.63. The molecule has 0 aliphatic heterocycles. The van der Waals surface area contributed by atoms with Crippen LogP contribution in [0.1, 0.15) is 40.0 Å². The van der Waals surface area contributed by atoms with Crippen LogP contribution in [0.5, 0.6) is 0 Å². The molecule has 0 aromatic carbocycles. The van der Waals surface area contributed by atoms with Crippen LogP contribution < -0.4 is 0 Å². The summed E-state index contributed by atoms with van der Waals surface area (Å²) in [6, 6.07) is -0.126. The summed E-state index contributed by atoms with van der Waals surface area (Å²) in [5.41, 5.74) is -0.854. The van der Waals surface area contributed by atoms with Crippen molar-refractivity contribution in [3.05, 3.63) is 0 Å². The van der Waals surface area contributed by atoms with Crippen molar-refractivity contribution < 1.29 is 9.90 Å². The number of rotatable bonds is 3. The monoisotopic (exact) mass is 211 g/mol.